The van der Waals surface area contributed by atoms with Gasteiger partial charge in [-0.25, -0.2) is 4.98 Å². The summed E-state index contributed by atoms with van der Waals surface area (Å²) in [5.74, 6) is 1.38. The van der Waals surface area contributed by atoms with Crippen molar-refractivity contribution in [3.8, 4) is 11.5 Å². The van der Waals surface area contributed by atoms with Gasteiger partial charge in [-0.1, -0.05) is 6.07 Å². The van der Waals surface area contributed by atoms with E-state index in [1.165, 1.54) is 0 Å². The van der Waals surface area contributed by atoms with Gasteiger partial charge < -0.3 is 24.4 Å². The van der Waals surface area contributed by atoms with Crippen LogP contribution in [0.2, 0.25) is 0 Å². The maximum absolute atomic E-state index is 13.8. The number of hydrogen-bond donors (Lipinski definition) is 1. The van der Waals surface area contributed by atoms with Crippen LogP contribution in [0.15, 0.2) is 18.2 Å². The van der Waals surface area contributed by atoms with E-state index in [4.69, 9.17) is 19.2 Å². The Bertz CT molecular complexity index is 999. The molecule has 1 saturated heterocycles. The van der Waals surface area contributed by atoms with Crippen LogP contribution in [-0.4, -0.2) is 66.9 Å². The summed E-state index contributed by atoms with van der Waals surface area (Å²) in [7, 11) is 1.68. The van der Waals surface area contributed by atoms with E-state index in [9.17, 15) is 4.79 Å². The second kappa shape index (κ2) is 9.85. The van der Waals surface area contributed by atoms with Crippen LogP contribution in [-0.2, 0) is 11.2 Å². The number of carbonyl (C=O) groups excluding carboxylic acids is 1. The lowest BCUT2D eigenvalue weighted by molar-refractivity contribution is 0.0567. The molecule has 2 aliphatic rings. The van der Waals surface area contributed by atoms with Crippen molar-refractivity contribution in [2.75, 3.05) is 33.4 Å². The van der Waals surface area contributed by atoms with E-state index in [1.54, 1.807) is 13.2 Å². The minimum atomic E-state index is -0.296. The zero-order chi connectivity index (χ0) is 23.6. The molecule has 180 valence electrons. The zero-order valence-electron chi connectivity index (χ0n) is 20.6. The fourth-order valence-electron chi connectivity index (χ4n) is 4.94. The molecule has 0 bridgehead atoms. The Morgan fingerprint density at radius 2 is 2.15 bits per heavy atom. The molecule has 1 fully saturated rings. The Labute approximate surface area is 196 Å². The number of rotatable bonds is 8. The van der Waals surface area contributed by atoms with E-state index in [0.717, 1.165) is 55.5 Å². The first-order chi connectivity index (χ1) is 15.8. The van der Waals surface area contributed by atoms with Crippen LogP contribution in [0.1, 0.15) is 63.0 Å². The highest BCUT2D eigenvalue weighted by Crippen LogP contribution is 2.42. The molecule has 1 aromatic heterocycles. The minimum absolute atomic E-state index is 0.0581. The highest BCUT2D eigenvalue weighted by Gasteiger charge is 2.34. The first kappa shape index (κ1) is 23.8. The van der Waals surface area contributed by atoms with Crippen LogP contribution in [0.5, 0.6) is 11.5 Å². The van der Waals surface area contributed by atoms with E-state index in [0.29, 0.717) is 30.2 Å². The molecular weight excluding hydrogens is 418 g/mol. The predicted molar refractivity (Wildman–Crippen MR) is 129 cm³/mol. The number of methoxy groups -OCH3 is 1. The van der Waals surface area contributed by atoms with Crippen LogP contribution in [0.3, 0.4) is 0 Å². The number of nitrogens with zero attached hydrogens (tertiary/aromatic N) is 2. The fraction of sp³-hybridized carbons (Fsp3) is 0.615. The number of amides is 1. The van der Waals surface area contributed by atoms with Crippen molar-refractivity contribution in [1.82, 2.24) is 15.2 Å². The number of pyridine rings is 1. The van der Waals surface area contributed by atoms with Gasteiger partial charge in [0.15, 0.2) is 0 Å². The minimum Gasteiger partial charge on any atom is -0.493 e. The van der Waals surface area contributed by atoms with Crippen molar-refractivity contribution in [3.63, 3.8) is 0 Å². The summed E-state index contributed by atoms with van der Waals surface area (Å²) in [6, 6.07) is 6.16. The number of carbonyl (C=O) groups is 1. The summed E-state index contributed by atoms with van der Waals surface area (Å²) in [6.45, 7) is 11.2. The van der Waals surface area contributed by atoms with E-state index in [-0.39, 0.29) is 23.6 Å². The molecule has 0 saturated carbocycles. The molecule has 2 aromatic rings. The Morgan fingerprint density at radius 1 is 1.33 bits per heavy atom. The van der Waals surface area contributed by atoms with Gasteiger partial charge in [-0.3, -0.25) is 4.79 Å². The molecule has 0 radical (unpaired) electrons. The lowest BCUT2D eigenvalue weighted by atomic mass is 10.00. The number of fused-ring (bicyclic) bond motifs is 3. The molecule has 1 N–H and O–H groups in total. The molecule has 4 rings (SSSR count). The summed E-state index contributed by atoms with van der Waals surface area (Å²) < 4.78 is 17.6. The maximum atomic E-state index is 13.8. The van der Waals surface area contributed by atoms with Gasteiger partial charge in [0, 0.05) is 62.2 Å². The second-order valence-corrected chi connectivity index (χ2v) is 10.00. The molecule has 1 aromatic carbocycles. The third-order valence-electron chi connectivity index (χ3n) is 6.40. The van der Waals surface area contributed by atoms with Gasteiger partial charge in [-0.05, 0) is 53.1 Å². The number of piperidine rings is 1. The quantitative estimate of drug-likeness (QED) is 0.608. The first-order valence-electron chi connectivity index (χ1n) is 12.1. The zero-order valence-corrected chi connectivity index (χ0v) is 20.6. The van der Waals surface area contributed by atoms with Gasteiger partial charge in [0.1, 0.15) is 28.3 Å². The van der Waals surface area contributed by atoms with Crippen LogP contribution in [0.25, 0.3) is 10.9 Å². The second-order valence-electron chi connectivity index (χ2n) is 10.00. The molecule has 0 unspecified atom stereocenters. The predicted octanol–water partition coefficient (Wildman–Crippen LogP) is 3.97. The largest absolute Gasteiger partial charge is 0.493 e. The van der Waals surface area contributed by atoms with Crippen LogP contribution in [0, 0.1) is 0 Å². The Kier molecular flexibility index (Phi) is 7.10. The summed E-state index contributed by atoms with van der Waals surface area (Å²) in [4.78, 5) is 20.7. The smallest absolute Gasteiger partial charge is 0.273 e. The van der Waals surface area contributed by atoms with E-state index in [1.807, 2.05) is 11.0 Å². The third kappa shape index (κ3) is 5.09. The summed E-state index contributed by atoms with van der Waals surface area (Å²) in [6.07, 6.45) is 3.64. The highest BCUT2D eigenvalue weighted by atomic mass is 16.5. The molecule has 0 spiro atoms. The van der Waals surface area contributed by atoms with E-state index in [2.05, 4.69) is 39.1 Å². The molecule has 3 heterocycles. The highest BCUT2D eigenvalue weighted by molar-refractivity contribution is 5.99. The molecule has 33 heavy (non-hydrogen) atoms. The molecule has 7 heteroatoms. The first-order valence-corrected chi connectivity index (χ1v) is 12.1. The van der Waals surface area contributed by atoms with Crippen molar-refractivity contribution >= 4 is 16.8 Å². The third-order valence-corrected chi connectivity index (χ3v) is 6.40. The summed E-state index contributed by atoms with van der Waals surface area (Å²) in [5, 5.41) is 4.30. The molecular formula is C26H37N3O4. The molecule has 7 nitrogen and oxygen atoms in total. The molecule has 2 aliphatic heterocycles. The molecule has 0 aliphatic carbocycles. The average Bonchev–Trinajstić information content (AvgIpc) is 3.11. The van der Waals surface area contributed by atoms with Gasteiger partial charge in [-0.2, -0.15) is 0 Å². The standard InChI is InChI=1S/C26H37N3O4/c1-17(2)29(19-8-6-11-27-16-19)25(30)21-14-22(32-13-7-12-31-5)20-10-9-18-15-26(3,4)33-24(18)23(20)28-21/h9-10,14,17,19,27H,6-8,11-13,15-16H2,1-5H3/t19-/m1/s1. The molecule has 1 amide bonds. The van der Waals surface area contributed by atoms with Crippen LogP contribution < -0.4 is 14.8 Å². The lowest BCUT2D eigenvalue weighted by Crippen LogP contribution is -2.51. The lowest BCUT2D eigenvalue weighted by Gasteiger charge is -2.37. The van der Waals surface area contributed by atoms with Crippen molar-refractivity contribution in [2.24, 2.45) is 0 Å². The summed E-state index contributed by atoms with van der Waals surface area (Å²) >= 11 is 0. The van der Waals surface area contributed by atoms with Gasteiger partial charge in [-0.15, -0.1) is 0 Å². The van der Waals surface area contributed by atoms with Crippen molar-refractivity contribution < 1.29 is 19.0 Å². The van der Waals surface area contributed by atoms with Crippen LogP contribution >= 0.6 is 0 Å². The number of aromatic nitrogens is 1. The molecule has 1 atom stereocenters. The van der Waals surface area contributed by atoms with Crippen molar-refractivity contribution in [3.05, 3.63) is 29.5 Å². The van der Waals surface area contributed by atoms with Gasteiger partial charge in [0.25, 0.3) is 5.91 Å². The van der Waals surface area contributed by atoms with Crippen molar-refractivity contribution in [2.45, 2.75) is 71.1 Å². The Morgan fingerprint density at radius 3 is 2.85 bits per heavy atom. The SMILES string of the molecule is COCCCOc1cc(C(=O)N(C(C)C)[C@@H]2CCCNC2)nc2c3c(ccc12)CC(C)(C)O3. The summed E-state index contributed by atoms with van der Waals surface area (Å²) in [5.41, 5.74) is 1.93. The van der Waals surface area contributed by atoms with Crippen molar-refractivity contribution in [1.29, 1.82) is 0 Å². The number of nitrogens with one attached hydrogen (secondary N) is 1. The van der Waals surface area contributed by atoms with Crippen LogP contribution in [0.4, 0.5) is 0 Å². The number of hydrogen-bond acceptors (Lipinski definition) is 6. The van der Waals surface area contributed by atoms with Gasteiger partial charge in [0.2, 0.25) is 0 Å². The maximum Gasteiger partial charge on any atom is 0.273 e. The fourth-order valence-corrected chi connectivity index (χ4v) is 4.94. The van der Waals surface area contributed by atoms with Gasteiger partial charge >= 0.3 is 0 Å². The number of ether oxygens (including phenoxy) is 3. The Hall–Kier alpha value is -2.38. The average molecular weight is 456 g/mol. The van der Waals surface area contributed by atoms with E-state index < -0.39 is 0 Å². The monoisotopic (exact) mass is 455 g/mol. The van der Waals surface area contributed by atoms with Gasteiger partial charge in [0.05, 0.1) is 6.61 Å². The number of benzene rings is 1. The normalized spacial score (nSPS) is 19.4. The topological polar surface area (TPSA) is 72.9 Å². The van der Waals surface area contributed by atoms with E-state index >= 15 is 0 Å². The Balaban J connectivity index is 1.76.